The number of rotatable bonds is 3. The molecular weight excluding hydrogens is 228 g/mol. The molecule has 2 rings (SSSR count). The summed E-state index contributed by atoms with van der Waals surface area (Å²) in [6.07, 6.45) is 2.21. The molecule has 0 radical (unpaired) electrons. The molecule has 1 aliphatic heterocycles. The summed E-state index contributed by atoms with van der Waals surface area (Å²) in [6, 6.07) is 6.55. The van der Waals surface area contributed by atoms with E-state index in [0.717, 1.165) is 30.2 Å². The Balaban J connectivity index is 2.05. The molecule has 0 aliphatic carbocycles. The molecule has 15 heavy (non-hydrogen) atoms. The van der Waals surface area contributed by atoms with Crippen molar-refractivity contribution in [3.8, 4) is 0 Å². The summed E-state index contributed by atoms with van der Waals surface area (Å²) in [5.41, 5.74) is 6.68. The van der Waals surface area contributed by atoms with E-state index in [9.17, 15) is 0 Å². The average Bonchev–Trinajstić information content (AvgIpc) is 2.25. The lowest BCUT2D eigenvalue weighted by Crippen LogP contribution is -2.26. The Hall–Kier alpha value is -0.380. The van der Waals surface area contributed by atoms with E-state index in [1.165, 1.54) is 10.6 Å². The van der Waals surface area contributed by atoms with Crippen molar-refractivity contribution in [2.24, 2.45) is 5.73 Å². The van der Waals surface area contributed by atoms with Gasteiger partial charge in [-0.1, -0.05) is 11.6 Å². The molecular formula is C11H15ClN2S. The summed E-state index contributed by atoms with van der Waals surface area (Å²) in [7, 11) is 0. The van der Waals surface area contributed by atoms with Crippen molar-refractivity contribution in [2.75, 3.05) is 17.6 Å². The molecule has 0 fully saturated rings. The van der Waals surface area contributed by atoms with Gasteiger partial charge in [0.2, 0.25) is 0 Å². The van der Waals surface area contributed by atoms with Crippen LogP contribution in [0.2, 0.25) is 5.02 Å². The average molecular weight is 243 g/mol. The Morgan fingerprint density at radius 2 is 2.40 bits per heavy atom. The van der Waals surface area contributed by atoms with E-state index < -0.39 is 0 Å². The Labute approximate surface area is 99.6 Å². The summed E-state index contributed by atoms with van der Waals surface area (Å²) in [6.45, 7) is 0.769. The summed E-state index contributed by atoms with van der Waals surface area (Å²) < 4.78 is 0. The van der Waals surface area contributed by atoms with Gasteiger partial charge in [0.15, 0.2) is 0 Å². The van der Waals surface area contributed by atoms with E-state index in [1.807, 2.05) is 23.9 Å². The number of nitrogens with one attached hydrogen (secondary N) is 1. The zero-order chi connectivity index (χ0) is 10.7. The number of halogens is 1. The Morgan fingerprint density at radius 3 is 3.20 bits per heavy atom. The highest BCUT2D eigenvalue weighted by Crippen LogP contribution is 2.35. The third kappa shape index (κ3) is 2.80. The van der Waals surface area contributed by atoms with Gasteiger partial charge >= 0.3 is 0 Å². The van der Waals surface area contributed by atoms with Crippen molar-refractivity contribution in [3.63, 3.8) is 0 Å². The first-order valence-corrected chi connectivity index (χ1v) is 6.55. The molecule has 82 valence electrons. The van der Waals surface area contributed by atoms with Crippen LogP contribution in [0.5, 0.6) is 0 Å². The molecule has 3 N–H and O–H groups in total. The quantitative estimate of drug-likeness (QED) is 0.856. The van der Waals surface area contributed by atoms with Gasteiger partial charge in [-0.15, -0.1) is 11.8 Å². The summed E-state index contributed by atoms with van der Waals surface area (Å²) in [5, 5.41) is 4.30. The minimum atomic E-state index is 0.532. The molecule has 1 aromatic rings. The maximum atomic E-state index is 5.96. The van der Waals surface area contributed by atoms with Crippen LogP contribution in [0.4, 0.5) is 5.69 Å². The maximum Gasteiger partial charge on any atom is 0.0495 e. The van der Waals surface area contributed by atoms with Gasteiger partial charge in [0.05, 0.1) is 0 Å². The smallest absolute Gasteiger partial charge is 0.0495 e. The van der Waals surface area contributed by atoms with Crippen LogP contribution in [0.3, 0.4) is 0 Å². The molecule has 0 bridgehead atoms. The summed E-state index contributed by atoms with van der Waals surface area (Å²) in [5.74, 6) is 1.12. The first-order chi connectivity index (χ1) is 7.29. The highest BCUT2D eigenvalue weighted by Gasteiger charge is 2.17. The third-order valence-electron chi connectivity index (χ3n) is 2.50. The monoisotopic (exact) mass is 242 g/mol. The lowest BCUT2D eigenvalue weighted by molar-refractivity contribution is 0.664. The second-order valence-corrected chi connectivity index (χ2v) is 5.22. The van der Waals surface area contributed by atoms with Crippen LogP contribution in [0.1, 0.15) is 12.8 Å². The van der Waals surface area contributed by atoms with Crippen LogP contribution in [0.25, 0.3) is 0 Å². The molecule has 1 atom stereocenters. The van der Waals surface area contributed by atoms with Crippen LogP contribution in [0, 0.1) is 0 Å². The SMILES string of the molecule is NCCCC1CSc2ccc(Cl)cc2N1. The second-order valence-electron chi connectivity index (χ2n) is 3.72. The Morgan fingerprint density at radius 1 is 1.53 bits per heavy atom. The van der Waals surface area contributed by atoms with Gasteiger partial charge in [0.25, 0.3) is 0 Å². The molecule has 1 aromatic carbocycles. The highest BCUT2D eigenvalue weighted by molar-refractivity contribution is 7.99. The van der Waals surface area contributed by atoms with Crippen LogP contribution in [-0.2, 0) is 0 Å². The number of thioether (sulfide) groups is 1. The lowest BCUT2D eigenvalue weighted by Gasteiger charge is -2.26. The Kier molecular flexibility index (Phi) is 3.78. The van der Waals surface area contributed by atoms with E-state index in [1.54, 1.807) is 0 Å². The molecule has 0 saturated carbocycles. The van der Waals surface area contributed by atoms with Gasteiger partial charge in [-0.05, 0) is 37.6 Å². The van der Waals surface area contributed by atoms with Crippen molar-refractivity contribution in [1.82, 2.24) is 0 Å². The Bertz CT molecular complexity index is 343. The molecule has 0 aromatic heterocycles. The fourth-order valence-electron chi connectivity index (χ4n) is 1.71. The second kappa shape index (κ2) is 5.10. The molecule has 1 heterocycles. The largest absolute Gasteiger partial charge is 0.381 e. The molecule has 1 aliphatic rings. The van der Waals surface area contributed by atoms with E-state index in [0.29, 0.717) is 6.04 Å². The van der Waals surface area contributed by atoms with Crippen molar-refractivity contribution < 1.29 is 0 Å². The molecule has 0 spiro atoms. The van der Waals surface area contributed by atoms with Crippen LogP contribution in [0.15, 0.2) is 23.1 Å². The first kappa shape index (κ1) is 11.1. The van der Waals surface area contributed by atoms with Crippen molar-refractivity contribution in [2.45, 2.75) is 23.8 Å². The van der Waals surface area contributed by atoms with Gasteiger partial charge in [0, 0.05) is 27.4 Å². The van der Waals surface area contributed by atoms with Crippen molar-refractivity contribution in [3.05, 3.63) is 23.2 Å². The van der Waals surface area contributed by atoms with Gasteiger partial charge < -0.3 is 11.1 Å². The predicted molar refractivity (Wildman–Crippen MR) is 67.9 cm³/mol. The fraction of sp³-hybridized carbons (Fsp3) is 0.455. The molecule has 0 saturated heterocycles. The van der Waals surface area contributed by atoms with E-state index >= 15 is 0 Å². The highest BCUT2D eigenvalue weighted by atomic mass is 35.5. The predicted octanol–water partition coefficient (Wildman–Crippen LogP) is 2.97. The van der Waals surface area contributed by atoms with E-state index in [4.69, 9.17) is 17.3 Å². The minimum Gasteiger partial charge on any atom is -0.381 e. The molecule has 4 heteroatoms. The third-order valence-corrected chi connectivity index (χ3v) is 3.97. The van der Waals surface area contributed by atoms with Crippen LogP contribution in [-0.4, -0.2) is 18.3 Å². The number of benzene rings is 1. The van der Waals surface area contributed by atoms with Gasteiger partial charge in [-0.2, -0.15) is 0 Å². The fourth-order valence-corrected chi connectivity index (χ4v) is 2.95. The molecule has 2 nitrogen and oxygen atoms in total. The van der Waals surface area contributed by atoms with Crippen LogP contribution < -0.4 is 11.1 Å². The van der Waals surface area contributed by atoms with Gasteiger partial charge in [-0.25, -0.2) is 0 Å². The molecule has 1 unspecified atom stereocenters. The first-order valence-electron chi connectivity index (χ1n) is 5.18. The molecule has 0 amide bonds. The van der Waals surface area contributed by atoms with Crippen LogP contribution >= 0.6 is 23.4 Å². The van der Waals surface area contributed by atoms with E-state index in [-0.39, 0.29) is 0 Å². The number of hydrogen-bond acceptors (Lipinski definition) is 3. The van der Waals surface area contributed by atoms with Crippen molar-refractivity contribution in [1.29, 1.82) is 0 Å². The van der Waals surface area contributed by atoms with Gasteiger partial charge in [0.1, 0.15) is 0 Å². The van der Waals surface area contributed by atoms with Gasteiger partial charge in [-0.3, -0.25) is 0 Å². The number of anilines is 1. The summed E-state index contributed by atoms with van der Waals surface area (Å²) >= 11 is 7.85. The number of hydrogen-bond donors (Lipinski definition) is 2. The number of fused-ring (bicyclic) bond motifs is 1. The number of nitrogens with two attached hydrogens (primary N) is 1. The zero-order valence-electron chi connectivity index (χ0n) is 8.50. The van der Waals surface area contributed by atoms with Crippen molar-refractivity contribution >= 4 is 29.1 Å². The maximum absolute atomic E-state index is 5.96. The normalized spacial score (nSPS) is 19.5. The topological polar surface area (TPSA) is 38.0 Å². The zero-order valence-corrected chi connectivity index (χ0v) is 10.1. The minimum absolute atomic E-state index is 0.532. The summed E-state index contributed by atoms with van der Waals surface area (Å²) in [4.78, 5) is 1.29. The lowest BCUT2D eigenvalue weighted by atomic mass is 10.1. The van der Waals surface area contributed by atoms with E-state index in [2.05, 4.69) is 11.4 Å². The standard InChI is InChI=1S/C11H15ClN2S/c12-8-3-4-11-10(6-8)14-9(7-15-11)2-1-5-13/h3-4,6,9,14H,1-2,5,7,13H2.